The fourth-order valence-electron chi connectivity index (χ4n) is 1.87. The zero-order valence-corrected chi connectivity index (χ0v) is 10.1. The van der Waals surface area contributed by atoms with Crippen molar-refractivity contribution in [3.05, 3.63) is 30.4 Å². The quantitative estimate of drug-likeness (QED) is 0.614. The second-order valence-electron chi connectivity index (χ2n) is 4.20. The lowest BCUT2D eigenvalue weighted by Crippen LogP contribution is -2.25. The van der Waals surface area contributed by atoms with Crippen LogP contribution in [0.15, 0.2) is 24.7 Å². The molecule has 7 nitrogen and oxygen atoms in total. The molecule has 0 fully saturated rings. The lowest BCUT2D eigenvalue weighted by Gasteiger charge is -2.20. The molecule has 19 heavy (non-hydrogen) atoms. The molecule has 2 aromatic rings. The Morgan fingerprint density at radius 2 is 2.37 bits per heavy atom. The molecule has 7 heteroatoms. The van der Waals surface area contributed by atoms with Gasteiger partial charge in [0, 0.05) is 12.3 Å². The Hall–Kier alpha value is -2.70. The van der Waals surface area contributed by atoms with Gasteiger partial charge in [-0.2, -0.15) is 0 Å². The topological polar surface area (TPSA) is 105 Å². The Morgan fingerprint density at radius 3 is 3.16 bits per heavy atom. The summed E-state index contributed by atoms with van der Waals surface area (Å²) in [5.41, 5.74) is 8.80. The Bertz CT molecular complexity index is 609. The van der Waals surface area contributed by atoms with Crippen molar-refractivity contribution in [3.63, 3.8) is 0 Å². The number of hydrogen-bond acceptors (Lipinski definition) is 5. The standard InChI is InChI=1S/C12H13N5O2/c13-8-1-11-10(17-12(18)5-19-11)2-9(8)15-4-7-3-14-6-16-7/h1-3,6,15H,4-5,13H2,(H,14,16)(H,17,18). The molecule has 0 bridgehead atoms. The molecule has 5 N–H and O–H groups in total. The minimum absolute atomic E-state index is 0.0212. The molecule has 0 radical (unpaired) electrons. The number of aromatic amines is 1. The highest BCUT2D eigenvalue weighted by Crippen LogP contribution is 2.35. The van der Waals surface area contributed by atoms with Crippen molar-refractivity contribution in [2.45, 2.75) is 6.54 Å². The first-order valence-corrected chi connectivity index (χ1v) is 5.79. The number of H-pyrrole nitrogens is 1. The molecule has 0 spiro atoms. The molecule has 1 aromatic heterocycles. The molecular weight excluding hydrogens is 246 g/mol. The summed E-state index contributed by atoms with van der Waals surface area (Å²) >= 11 is 0. The van der Waals surface area contributed by atoms with Crippen molar-refractivity contribution < 1.29 is 9.53 Å². The third kappa shape index (κ3) is 2.30. The SMILES string of the molecule is Nc1cc2c(cc1NCc1cnc[nH]1)NC(=O)CO2. The van der Waals surface area contributed by atoms with E-state index in [1.807, 2.05) is 0 Å². The van der Waals surface area contributed by atoms with Crippen molar-refractivity contribution in [2.75, 3.05) is 23.0 Å². The number of benzene rings is 1. The molecule has 0 saturated heterocycles. The van der Waals surface area contributed by atoms with Gasteiger partial charge in [-0.1, -0.05) is 0 Å². The van der Waals surface area contributed by atoms with Crippen molar-refractivity contribution in [2.24, 2.45) is 0 Å². The van der Waals surface area contributed by atoms with Gasteiger partial charge in [0.1, 0.15) is 5.75 Å². The molecule has 1 aromatic carbocycles. The molecular formula is C12H13N5O2. The number of rotatable bonds is 3. The van der Waals surface area contributed by atoms with Crippen LogP contribution in [0.1, 0.15) is 5.69 Å². The van der Waals surface area contributed by atoms with Gasteiger partial charge in [-0.05, 0) is 6.07 Å². The first-order valence-electron chi connectivity index (χ1n) is 5.79. The van der Waals surface area contributed by atoms with E-state index in [4.69, 9.17) is 10.5 Å². The van der Waals surface area contributed by atoms with Crippen LogP contribution >= 0.6 is 0 Å². The molecule has 2 heterocycles. The van der Waals surface area contributed by atoms with Gasteiger partial charge < -0.3 is 26.1 Å². The second-order valence-corrected chi connectivity index (χ2v) is 4.20. The van der Waals surface area contributed by atoms with E-state index in [2.05, 4.69) is 20.6 Å². The zero-order valence-electron chi connectivity index (χ0n) is 10.1. The normalized spacial score (nSPS) is 13.4. The Kier molecular flexibility index (Phi) is 2.71. The Balaban J connectivity index is 1.81. The highest BCUT2D eigenvalue weighted by Gasteiger charge is 2.17. The number of fused-ring (bicyclic) bond motifs is 1. The molecule has 98 valence electrons. The summed E-state index contributed by atoms with van der Waals surface area (Å²) in [4.78, 5) is 18.2. The summed E-state index contributed by atoms with van der Waals surface area (Å²) in [6.45, 7) is 0.588. The zero-order chi connectivity index (χ0) is 13.2. The van der Waals surface area contributed by atoms with E-state index in [9.17, 15) is 4.79 Å². The summed E-state index contributed by atoms with van der Waals surface area (Å²) in [7, 11) is 0. The van der Waals surface area contributed by atoms with E-state index in [0.717, 1.165) is 11.4 Å². The first kappa shape index (κ1) is 11.4. The Morgan fingerprint density at radius 1 is 1.47 bits per heavy atom. The molecule has 1 amide bonds. The lowest BCUT2D eigenvalue weighted by atomic mass is 10.2. The van der Waals surface area contributed by atoms with Crippen molar-refractivity contribution >= 4 is 23.0 Å². The van der Waals surface area contributed by atoms with Crippen LogP contribution in [0.25, 0.3) is 0 Å². The molecule has 0 saturated carbocycles. The van der Waals surface area contributed by atoms with E-state index in [1.54, 1.807) is 24.7 Å². The number of aromatic nitrogens is 2. The van der Waals surface area contributed by atoms with E-state index in [0.29, 0.717) is 23.7 Å². The van der Waals surface area contributed by atoms with Gasteiger partial charge in [0.05, 0.1) is 35.6 Å². The number of amides is 1. The van der Waals surface area contributed by atoms with Crippen molar-refractivity contribution in [1.29, 1.82) is 0 Å². The molecule has 1 aliphatic heterocycles. The maximum absolute atomic E-state index is 11.3. The summed E-state index contributed by atoms with van der Waals surface area (Å²) in [6.07, 6.45) is 3.34. The highest BCUT2D eigenvalue weighted by atomic mass is 16.5. The second kappa shape index (κ2) is 4.52. The fourth-order valence-corrected chi connectivity index (χ4v) is 1.87. The first-order chi connectivity index (χ1) is 9.22. The van der Waals surface area contributed by atoms with Crippen LogP contribution in [-0.2, 0) is 11.3 Å². The average molecular weight is 259 g/mol. The van der Waals surface area contributed by atoms with Crippen molar-refractivity contribution in [1.82, 2.24) is 9.97 Å². The summed E-state index contributed by atoms with van der Waals surface area (Å²) in [5.74, 6) is 0.418. The maximum atomic E-state index is 11.3. The van der Waals surface area contributed by atoms with Gasteiger partial charge in [-0.3, -0.25) is 4.79 Å². The van der Waals surface area contributed by atoms with Gasteiger partial charge in [-0.15, -0.1) is 0 Å². The molecule has 1 aliphatic rings. The number of imidazole rings is 1. The number of anilines is 3. The molecule has 3 rings (SSSR count). The maximum Gasteiger partial charge on any atom is 0.262 e. The third-order valence-corrected chi connectivity index (χ3v) is 2.81. The van der Waals surface area contributed by atoms with E-state index in [-0.39, 0.29) is 12.5 Å². The van der Waals surface area contributed by atoms with Crippen molar-refractivity contribution in [3.8, 4) is 5.75 Å². The monoisotopic (exact) mass is 259 g/mol. The fraction of sp³-hybridized carbons (Fsp3) is 0.167. The number of hydrogen-bond donors (Lipinski definition) is 4. The highest BCUT2D eigenvalue weighted by molar-refractivity contribution is 5.97. The number of nitrogens with two attached hydrogens (primary N) is 1. The predicted molar refractivity (Wildman–Crippen MR) is 70.9 cm³/mol. The lowest BCUT2D eigenvalue weighted by molar-refractivity contribution is -0.118. The number of nitrogen functional groups attached to an aromatic ring is 1. The van der Waals surface area contributed by atoms with Gasteiger partial charge in [0.25, 0.3) is 5.91 Å². The number of carbonyl (C=O) groups excluding carboxylic acids is 1. The molecule has 0 unspecified atom stereocenters. The number of ether oxygens (including phenoxy) is 1. The van der Waals surface area contributed by atoms with Gasteiger partial charge in [-0.25, -0.2) is 4.98 Å². The average Bonchev–Trinajstić information content (AvgIpc) is 2.90. The minimum Gasteiger partial charge on any atom is -0.482 e. The third-order valence-electron chi connectivity index (χ3n) is 2.81. The molecule has 0 atom stereocenters. The van der Waals surface area contributed by atoms with Crippen LogP contribution in [0.3, 0.4) is 0 Å². The van der Waals surface area contributed by atoms with E-state index in [1.165, 1.54) is 0 Å². The van der Waals surface area contributed by atoms with Crippen LogP contribution in [0.4, 0.5) is 17.1 Å². The predicted octanol–water partition coefficient (Wildman–Crippen LogP) is 0.935. The summed E-state index contributed by atoms with van der Waals surface area (Å²) in [5, 5.41) is 5.92. The number of nitrogens with zero attached hydrogens (tertiary/aromatic N) is 1. The van der Waals surface area contributed by atoms with Gasteiger partial charge in [0.2, 0.25) is 0 Å². The summed E-state index contributed by atoms with van der Waals surface area (Å²) in [6, 6.07) is 3.46. The number of carbonyl (C=O) groups is 1. The van der Waals surface area contributed by atoms with Crippen LogP contribution in [-0.4, -0.2) is 22.5 Å². The van der Waals surface area contributed by atoms with Crippen LogP contribution < -0.4 is 21.1 Å². The van der Waals surface area contributed by atoms with Gasteiger partial charge >= 0.3 is 0 Å². The summed E-state index contributed by atoms with van der Waals surface area (Å²) < 4.78 is 5.29. The Labute approximate surface area is 109 Å². The smallest absolute Gasteiger partial charge is 0.262 e. The van der Waals surface area contributed by atoms with Gasteiger partial charge in [0.15, 0.2) is 6.61 Å². The number of nitrogens with one attached hydrogen (secondary N) is 3. The minimum atomic E-state index is -0.170. The van der Waals surface area contributed by atoms with E-state index >= 15 is 0 Å². The van der Waals surface area contributed by atoms with Crippen LogP contribution in [0.5, 0.6) is 5.75 Å². The largest absolute Gasteiger partial charge is 0.482 e. The molecule has 0 aliphatic carbocycles. The van der Waals surface area contributed by atoms with Crippen LogP contribution in [0.2, 0.25) is 0 Å². The van der Waals surface area contributed by atoms with Crippen LogP contribution in [0, 0.1) is 0 Å². The van der Waals surface area contributed by atoms with E-state index < -0.39 is 0 Å².